The van der Waals surface area contributed by atoms with Crippen LogP contribution in [0.5, 0.6) is 0 Å². The van der Waals surface area contributed by atoms with Gasteiger partial charge >= 0.3 is 6.03 Å². The van der Waals surface area contributed by atoms with Crippen LogP contribution in [0.3, 0.4) is 0 Å². The monoisotopic (exact) mass is 446 g/mol. The highest BCUT2D eigenvalue weighted by molar-refractivity contribution is 6.01. The standard InChI is InChI=1S/C29H26N4O/c1-32-18-17-23-20-25(15-16-28(23)32)31-29(34)30-24-10-8-9-22(19-24)21-33(26-11-4-2-5-12-26)27-13-6-3-7-14-27/h2-20H,21H2,1H3,(H2,30,31,34). The molecule has 5 rings (SSSR count). The Balaban J connectivity index is 1.31. The number of fused-ring (bicyclic) bond motifs is 1. The van der Waals surface area contributed by atoms with E-state index >= 15 is 0 Å². The molecule has 4 aromatic carbocycles. The molecule has 0 spiro atoms. The molecule has 0 unspecified atom stereocenters. The molecule has 0 bridgehead atoms. The predicted octanol–water partition coefficient (Wildman–Crippen LogP) is 7.16. The molecule has 0 aliphatic carbocycles. The number of anilines is 4. The number of aromatic nitrogens is 1. The van der Waals surface area contributed by atoms with Crippen molar-refractivity contribution >= 4 is 39.7 Å². The number of hydrogen-bond acceptors (Lipinski definition) is 2. The molecule has 34 heavy (non-hydrogen) atoms. The lowest BCUT2D eigenvalue weighted by Gasteiger charge is -2.25. The Morgan fingerprint density at radius 1 is 0.735 bits per heavy atom. The molecule has 0 saturated carbocycles. The first-order valence-electron chi connectivity index (χ1n) is 11.3. The van der Waals surface area contributed by atoms with E-state index in [2.05, 4.69) is 50.4 Å². The minimum absolute atomic E-state index is 0.268. The number of rotatable bonds is 6. The SMILES string of the molecule is Cn1ccc2cc(NC(=O)Nc3cccc(CN(c4ccccc4)c4ccccc4)c3)ccc21. The van der Waals surface area contributed by atoms with Crippen molar-refractivity contribution in [3.63, 3.8) is 0 Å². The smallest absolute Gasteiger partial charge is 0.323 e. The lowest BCUT2D eigenvalue weighted by Crippen LogP contribution is -2.20. The van der Waals surface area contributed by atoms with Crippen molar-refractivity contribution in [1.29, 1.82) is 0 Å². The Kier molecular flexibility index (Phi) is 5.99. The maximum atomic E-state index is 12.7. The Bertz CT molecular complexity index is 1370. The molecule has 5 heteroatoms. The van der Waals surface area contributed by atoms with Crippen molar-refractivity contribution in [2.75, 3.05) is 15.5 Å². The molecule has 2 N–H and O–H groups in total. The molecular formula is C29H26N4O. The summed E-state index contributed by atoms with van der Waals surface area (Å²) in [6.45, 7) is 0.676. The van der Waals surface area contributed by atoms with Crippen molar-refractivity contribution in [2.45, 2.75) is 6.54 Å². The average Bonchev–Trinajstić information content (AvgIpc) is 3.23. The summed E-state index contributed by atoms with van der Waals surface area (Å²) in [5, 5.41) is 6.98. The number of amides is 2. The molecule has 1 aromatic heterocycles. The minimum Gasteiger partial charge on any atom is -0.351 e. The molecular weight excluding hydrogens is 420 g/mol. The summed E-state index contributed by atoms with van der Waals surface area (Å²) in [6, 6.07) is 36.2. The second-order valence-corrected chi connectivity index (χ2v) is 8.24. The lowest BCUT2D eigenvalue weighted by molar-refractivity contribution is 0.262. The third kappa shape index (κ3) is 4.79. The summed E-state index contributed by atoms with van der Waals surface area (Å²) < 4.78 is 2.05. The van der Waals surface area contributed by atoms with E-state index in [4.69, 9.17) is 0 Å². The fraction of sp³-hybridized carbons (Fsp3) is 0.0690. The number of para-hydroxylation sites is 2. The van der Waals surface area contributed by atoms with Gasteiger partial charge < -0.3 is 20.1 Å². The van der Waals surface area contributed by atoms with Crippen LogP contribution in [0, 0.1) is 0 Å². The molecule has 2 amide bonds. The number of carbonyl (C=O) groups excluding carboxylic acids is 1. The first-order valence-corrected chi connectivity index (χ1v) is 11.3. The van der Waals surface area contributed by atoms with Gasteiger partial charge in [0.05, 0.1) is 0 Å². The zero-order valence-corrected chi connectivity index (χ0v) is 19.0. The molecule has 0 atom stereocenters. The number of urea groups is 1. The fourth-order valence-electron chi connectivity index (χ4n) is 4.13. The van der Waals surface area contributed by atoms with E-state index in [0.717, 1.165) is 39.2 Å². The molecule has 0 radical (unpaired) electrons. The van der Waals surface area contributed by atoms with Gasteiger partial charge in [-0.25, -0.2) is 4.79 Å². The van der Waals surface area contributed by atoms with Crippen molar-refractivity contribution < 1.29 is 4.79 Å². The van der Waals surface area contributed by atoms with Gasteiger partial charge in [0.25, 0.3) is 0 Å². The number of nitrogens with one attached hydrogen (secondary N) is 2. The van der Waals surface area contributed by atoms with Crippen LogP contribution in [-0.4, -0.2) is 10.6 Å². The molecule has 5 nitrogen and oxygen atoms in total. The van der Waals surface area contributed by atoms with Gasteiger partial charge in [-0.15, -0.1) is 0 Å². The number of nitrogens with zero attached hydrogens (tertiary/aromatic N) is 2. The minimum atomic E-state index is -0.268. The largest absolute Gasteiger partial charge is 0.351 e. The second-order valence-electron chi connectivity index (χ2n) is 8.24. The Labute approximate surface area is 199 Å². The van der Waals surface area contributed by atoms with E-state index in [-0.39, 0.29) is 6.03 Å². The molecule has 0 saturated heterocycles. The summed E-state index contributed by atoms with van der Waals surface area (Å²) >= 11 is 0. The van der Waals surface area contributed by atoms with Crippen molar-refractivity contribution in [1.82, 2.24) is 4.57 Å². The van der Waals surface area contributed by atoms with Crippen LogP contribution < -0.4 is 15.5 Å². The zero-order valence-electron chi connectivity index (χ0n) is 19.0. The number of hydrogen-bond donors (Lipinski definition) is 2. The van der Waals surface area contributed by atoms with Gasteiger partial charge in [-0.05, 0) is 66.2 Å². The molecule has 0 fully saturated rings. The topological polar surface area (TPSA) is 49.3 Å². The quantitative estimate of drug-likeness (QED) is 0.291. The van der Waals surface area contributed by atoms with Crippen molar-refractivity contribution in [3.05, 3.63) is 121 Å². The van der Waals surface area contributed by atoms with Crippen LogP contribution in [0.4, 0.5) is 27.5 Å². The molecule has 5 aromatic rings. The van der Waals surface area contributed by atoms with Gasteiger partial charge in [0, 0.05) is 53.4 Å². The van der Waals surface area contributed by atoms with Gasteiger partial charge in [-0.1, -0.05) is 48.5 Å². The van der Waals surface area contributed by atoms with Crippen molar-refractivity contribution in [2.24, 2.45) is 7.05 Å². The second kappa shape index (κ2) is 9.55. The Morgan fingerprint density at radius 2 is 1.38 bits per heavy atom. The summed E-state index contributed by atoms with van der Waals surface area (Å²) in [5.41, 5.74) is 5.95. The van der Waals surface area contributed by atoms with Gasteiger partial charge in [0.2, 0.25) is 0 Å². The van der Waals surface area contributed by atoms with E-state index in [1.165, 1.54) is 0 Å². The van der Waals surface area contributed by atoms with Crippen LogP contribution in [-0.2, 0) is 13.6 Å². The summed E-state index contributed by atoms with van der Waals surface area (Å²) in [5.74, 6) is 0. The third-order valence-electron chi connectivity index (χ3n) is 5.80. The first kappa shape index (κ1) is 21.3. The van der Waals surface area contributed by atoms with Crippen molar-refractivity contribution in [3.8, 4) is 0 Å². The lowest BCUT2D eigenvalue weighted by atomic mass is 10.1. The maximum absolute atomic E-state index is 12.7. The summed E-state index contributed by atoms with van der Waals surface area (Å²) in [4.78, 5) is 14.9. The number of benzene rings is 4. The zero-order chi connectivity index (χ0) is 23.3. The van der Waals surface area contributed by atoms with Crippen LogP contribution in [0.2, 0.25) is 0 Å². The predicted molar refractivity (Wildman–Crippen MR) is 141 cm³/mol. The van der Waals surface area contributed by atoms with Gasteiger partial charge in [-0.2, -0.15) is 0 Å². The van der Waals surface area contributed by atoms with Gasteiger partial charge in [-0.3, -0.25) is 0 Å². The highest BCUT2D eigenvalue weighted by Crippen LogP contribution is 2.28. The van der Waals surface area contributed by atoms with E-state index in [1.807, 2.05) is 92.1 Å². The van der Waals surface area contributed by atoms with Crippen LogP contribution in [0.15, 0.2) is 115 Å². The van der Waals surface area contributed by atoms with E-state index in [9.17, 15) is 4.79 Å². The highest BCUT2D eigenvalue weighted by Gasteiger charge is 2.11. The number of carbonyl (C=O) groups is 1. The van der Waals surface area contributed by atoms with Gasteiger partial charge in [0.15, 0.2) is 0 Å². The van der Waals surface area contributed by atoms with Crippen LogP contribution >= 0.6 is 0 Å². The van der Waals surface area contributed by atoms with E-state index in [0.29, 0.717) is 6.54 Å². The van der Waals surface area contributed by atoms with E-state index in [1.54, 1.807) is 0 Å². The highest BCUT2D eigenvalue weighted by atomic mass is 16.2. The molecule has 168 valence electrons. The van der Waals surface area contributed by atoms with Crippen LogP contribution in [0.1, 0.15) is 5.56 Å². The average molecular weight is 447 g/mol. The van der Waals surface area contributed by atoms with E-state index < -0.39 is 0 Å². The fourth-order valence-corrected chi connectivity index (χ4v) is 4.13. The Morgan fingerprint density at radius 3 is 2.06 bits per heavy atom. The number of aryl methyl sites for hydroxylation is 1. The normalized spacial score (nSPS) is 10.7. The molecule has 0 aliphatic heterocycles. The summed E-state index contributed by atoms with van der Waals surface area (Å²) in [7, 11) is 2.01. The van der Waals surface area contributed by atoms with Gasteiger partial charge in [0.1, 0.15) is 0 Å². The molecule has 0 aliphatic rings. The first-order chi connectivity index (χ1) is 16.7. The summed E-state index contributed by atoms with van der Waals surface area (Å²) in [6.07, 6.45) is 2.01. The Hall–Kier alpha value is -4.51. The van der Waals surface area contributed by atoms with Crippen LogP contribution in [0.25, 0.3) is 10.9 Å². The third-order valence-corrected chi connectivity index (χ3v) is 5.80. The maximum Gasteiger partial charge on any atom is 0.323 e. The molecule has 1 heterocycles.